The lowest BCUT2D eigenvalue weighted by Gasteiger charge is -2.26. The van der Waals surface area contributed by atoms with Crippen LogP contribution in [0, 0.1) is 17.7 Å². The first-order valence-electron chi connectivity index (χ1n) is 10.5. The minimum Gasteiger partial charge on any atom is -0.466 e. The summed E-state index contributed by atoms with van der Waals surface area (Å²) in [5.74, 6) is -6.84. The summed E-state index contributed by atoms with van der Waals surface area (Å²) in [7, 11) is 0. The molecule has 0 aliphatic carbocycles. The van der Waals surface area contributed by atoms with E-state index in [1.165, 1.54) is 36.4 Å². The number of anilines is 1. The van der Waals surface area contributed by atoms with Crippen LogP contribution in [0.1, 0.15) is 50.7 Å². The minimum absolute atomic E-state index is 0.0996. The molecular formula is C24H26ClF4NO3. The quantitative estimate of drug-likeness (QED) is 0.333. The second kappa shape index (κ2) is 11.0. The van der Waals surface area contributed by atoms with Crippen molar-refractivity contribution in [2.24, 2.45) is 11.8 Å². The number of hydrogen-bond donors (Lipinski definition) is 1. The van der Waals surface area contributed by atoms with Gasteiger partial charge in [-0.1, -0.05) is 50.6 Å². The Morgan fingerprint density at radius 3 is 2.15 bits per heavy atom. The Kier molecular flexibility index (Phi) is 8.89. The molecule has 4 unspecified atom stereocenters. The predicted octanol–water partition coefficient (Wildman–Crippen LogP) is 6.70. The third-order valence-electron chi connectivity index (χ3n) is 5.71. The van der Waals surface area contributed by atoms with Crippen LogP contribution in [0.25, 0.3) is 0 Å². The molecule has 0 saturated heterocycles. The Bertz CT molecular complexity index is 979. The summed E-state index contributed by atoms with van der Waals surface area (Å²) < 4.78 is 60.0. The van der Waals surface area contributed by atoms with Crippen molar-refractivity contribution in [3.63, 3.8) is 0 Å². The van der Waals surface area contributed by atoms with Crippen LogP contribution in [0.5, 0.6) is 0 Å². The van der Waals surface area contributed by atoms with Gasteiger partial charge in [0.05, 0.1) is 30.0 Å². The van der Waals surface area contributed by atoms with E-state index >= 15 is 0 Å². The molecule has 33 heavy (non-hydrogen) atoms. The highest BCUT2D eigenvalue weighted by Gasteiger charge is 2.45. The Balaban J connectivity index is 2.36. The largest absolute Gasteiger partial charge is 0.466 e. The maximum atomic E-state index is 14.5. The molecule has 0 saturated carbocycles. The summed E-state index contributed by atoms with van der Waals surface area (Å²) >= 11 is 5.83. The van der Waals surface area contributed by atoms with Gasteiger partial charge in [-0.3, -0.25) is 9.59 Å². The lowest BCUT2D eigenvalue weighted by molar-refractivity contribution is -0.178. The molecule has 0 spiro atoms. The fourth-order valence-electron chi connectivity index (χ4n) is 3.43. The first kappa shape index (κ1) is 26.6. The van der Waals surface area contributed by atoms with Gasteiger partial charge in [-0.25, -0.2) is 4.39 Å². The maximum absolute atomic E-state index is 14.5. The van der Waals surface area contributed by atoms with E-state index in [-0.39, 0.29) is 23.8 Å². The molecule has 0 heterocycles. The monoisotopic (exact) mass is 487 g/mol. The zero-order valence-electron chi connectivity index (χ0n) is 18.7. The van der Waals surface area contributed by atoms with Gasteiger partial charge in [-0.05, 0) is 48.2 Å². The second-order valence-corrected chi connectivity index (χ2v) is 8.35. The van der Waals surface area contributed by atoms with E-state index in [0.29, 0.717) is 10.6 Å². The van der Waals surface area contributed by atoms with Crippen LogP contribution in [0.3, 0.4) is 0 Å². The molecule has 0 aliphatic heterocycles. The molecule has 0 aliphatic rings. The van der Waals surface area contributed by atoms with Crippen LogP contribution in [0.4, 0.5) is 23.2 Å². The molecule has 0 fully saturated rings. The van der Waals surface area contributed by atoms with Gasteiger partial charge < -0.3 is 10.1 Å². The second-order valence-electron chi connectivity index (χ2n) is 7.92. The van der Waals surface area contributed by atoms with Crippen molar-refractivity contribution in [1.29, 1.82) is 0 Å². The van der Waals surface area contributed by atoms with Gasteiger partial charge in [0.25, 0.3) is 0 Å². The summed E-state index contributed by atoms with van der Waals surface area (Å²) in [4.78, 5) is 25.0. The van der Waals surface area contributed by atoms with Gasteiger partial charge in [0.15, 0.2) is 0 Å². The highest BCUT2D eigenvalue weighted by atomic mass is 35.5. The Hall–Kier alpha value is -2.61. The van der Waals surface area contributed by atoms with Gasteiger partial charge in [0.1, 0.15) is 5.82 Å². The molecule has 0 radical (unpaired) electrons. The van der Waals surface area contributed by atoms with Crippen molar-refractivity contribution >= 4 is 29.2 Å². The van der Waals surface area contributed by atoms with Crippen LogP contribution in [0.15, 0.2) is 42.5 Å². The molecule has 2 rings (SSSR count). The summed E-state index contributed by atoms with van der Waals surface area (Å²) in [5, 5.41) is 2.61. The van der Waals surface area contributed by atoms with Crippen molar-refractivity contribution in [3.8, 4) is 0 Å². The summed E-state index contributed by atoms with van der Waals surface area (Å²) in [6, 6.07) is 9.34. The van der Waals surface area contributed by atoms with Crippen molar-refractivity contribution in [1.82, 2.24) is 0 Å². The van der Waals surface area contributed by atoms with Gasteiger partial charge >= 0.3 is 12.1 Å². The molecule has 4 nitrogen and oxygen atoms in total. The average Bonchev–Trinajstić information content (AvgIpc) is 2.75. The van der Waals surface area contributed by atoms with Gasteiger partial charge in [0, 0.05) is 5.02 Å². The van der Waals surface area contributed by atoms with E-state index in [4.69, 9.17) is 16.3 Å². The lowest BCUT2D eigenvalue weighted by atomic mass is 9.85. The predicted molar refractivity (Wildman–Crippen MR) is 119 cm³/mol. The van der Waals surface area contributed by atoms with Crippen LogP contribution in [-0.2, 0) is 14.3 Å². The standard InChI is InChI=1S/C24H26ClF4NO3/c1-5-33-23(32)14(3)13(2)17-8-11-19(26)20(12-17)30-22(31)21(15(4)24(27,28)29)16-6-9-18(25)10-7-16/h6-15,21H,5H2,1-4H3,(H,30,31). The van der Waals surface area contributed by atoms with E-state index in [2.05, 4.69) is 5.32 Å². The number of carbonyl (C=O) groups excluding carboxylic acids is 2. The molecule has 180 valence electrons. The molecule has 9 heteroatoms. The first-order chi connectivity index (χ1) is 15.4. The lowest BCUT2D eigenvalue weighted by Crippen LogP contribution is -2.34. The van der Waals surface area contributed by atoms with Gasteiger partial charge in [-0.2, -0.15) is 13.2 Å². The first-order valence-corrected chi connectivity index (χ1v) is 10.8. The van der Waals surface area contributed by atoms with Crippen LogP contribution in [0.2, 0.25) is 5.02 Å². The van der Waals surface area contributed by atoms with Crippen molar-refractivity contribution < 1.29 is 31.9 Å². The zero-order valence-corrected chi connectivity index (χ0v) is 19.4. The van der Waals surface area contributed by atoms with Crippen LogP contribution < -0.4 is 5.32 Å². The minimum atomic E-state index is -4.66. The van der Waals surface area contributed by atoms with E-state index in [1.54, 1.807) is 20.8 Å². The van der Waals surface area contributed by atoms with Crippen LogP contribution in [-0.4, -0.2) is 24.7 Å². The Morgan fingerprint density at radius 1 is 1.03 bits per heavy atom. The Labute approximate surface area is 195 Å². The average molecular weight is 488 g/mol. The molecule has 0 bridgehead atoms. The third kappa shape index (κ3) is 6.69. The normalized spacial score (nSPS) is 15.3. The van der Waals surface area contributed by atoms with E-state index in [9.17, 15) is 27.2 Å². The number of halogens is 5. The number of nitrogens with one attached hydrogen (secondary N) is 1. The van der Waals surface area contributed by atoms with E-state index in [1.807, 2.05) is 0 Å². The Morgan fingerprint density at radius 2 is 1.61 bits per heavy atom. The highest BCUT2D eigenvalue weighted by molar-refractivity contribution is 6.30. The number of benzene rings is 2. The molecule has 4 atom stereocenters. The van der Waals surface area contributed by atoms with Crippen molar-refractivity contribution in [2.75, 3.05) is 11.9 Å². The highest BCUT2D eigenvalue weighted by Crippen LogP contribution is 2.39. The molecule has 0 aromatic heterocycles. The smallest absolute Gasteiger partial charge is 0.392 e. The van der Waals surface area contributed by atoms with E-state index in [0.717, 1.165) is 13.0 Å². The fraction of sp³-hybridized carbons (Fsp3) is 0.417. The SMILES string of the molecule is CCOC(=O)C(C)C(C)c1ccc(F)c(NC(=O)C(c2ccc(Cl)cc2)C(C)C(F)(F)F)c1. The molecule has 2 aromatic carbocycles. The number of hydrogen-bond acceptors (Lipinski definition) is 3. The number of amides is 1. The van der Waals surface area contributed by atoms with Crippen molar-refractivity contribution in [2.45, 2.75) is 45.7 Å². The number of ether oxygens (including phenoxy) is 1. The van der Waals surface area contributed by atoms with Crippen molar-refractivity contribution in [3.05, 3.63) is 64.4 Å². The van der Waals surface area contributed by atoms with Gasteiger partial charge in [-0.15, -0.1) is 0 Å². The molecule has 2 aromatic rings. The fourth-order valence-corrected chi connectivity index (χ4v) is 3.55. The number of alkyl halides is 3. The molecule has 1 N–H and O–H groups in total. The maximum Gasteiger partial charge on any atom is 0.392 e. The zero-order chi connectivity index (χ0) is 24.9. The third-order valence-corrected chi connectivity index (χ3v) is 5.96. The van der Waals surface area contributed by atoms with Crippen LogP contribution >= 0.6 is 11.6 Å². The number of rotatable bonds is 8. The number of esters is 1. The number of carbonyl (C=O) groups is 2. The summed E-state index contributed by atoms with van der Waals surface area (Å²) in [6.07, 6.45) is -4.66. The molecular weight excluding hydrogens is 462 g/mol. The van der Waals surface area contributed by atoms with E-state index < -0.39 is 41.6 Å². The summed E-state index contributed by atoms with van der Waals surface area (Å²) in [5.41, 5.74) is 0.357. The summed E-state index contributed by atoms with van der Waals surface area (Å²) in [6.45, 7) is 6.19. The van der Waals surface area contributed by atoms with Gasteiger partial charge in [0.2, 0.25) is 5.91 Å². The molecule has 1 amide bonds. The topological polar surface area (TPSA) is 55.4 Å².